The number of halogens is 1. The van der Waals surface area contributed by atoms with Gasteiger partial charge in [-0.3, -0.25) is 14.4 Å². The van der Waals surface area contributed by atoms with E-state index in [2.05, 4.69) is 15.3 Å². The van der Waals surface area contributed by atoms with Crippen molar-refractivity contribution in [3.05, 3.63) is 76.3 Å². The van der Waals surface area contributed by atoms with Gasteiger partial charge in [0.15, 0.2) is 11.6 Å². The average Bonchev–Trinajstić information content (AvgIpc) is 3.26. The molecule has 1 amide bonds. The van der Waals surface area contributed by atoms with Crippen molar-refractivity contribution in [2.24, 2.45) is 0 Å². The van der Waals surface area contributed by atoms with Crippen LogP contribution in [0.3, 0.4) is 0 Å². The second-order valence-corrected chi connectivity index (χ2v) is 7.53. The third-order valence-corrected chi connectivity index (χ3v) is 5.05. The fourth-order valence-corrected chi connectivity index (χ4v) is 3.46. The van der Waals surface area contributed by atoms with Crippen LogP contribution >= 0.6 is 11.6 Å². The summed E-state index contributed by atoms with van der Waals surface area (Å²) >= 11 is 6.23. The van der Waals surface area contributed by atoms with Gasteiger partial charge in [0.2, 0.25) is 0 Å². The molecule has 166 valence electrons. The van der Waals surface area contributed by atoms with Crippen LogP contribution in [-0.4, -0.2) is 34.0 Å². The minimum Gasteiger partial charge on any atom is -0.494 e. The Bertz CT molecular complexity index is 1120. The molecule has 0 aliphatic heterocycles. The Kier molecular flexibility index (Phi) is 7.78. The van der Waals surface area contributed by atoms with Gasteiger partial charge in [-0.05, 0) is 49.2 Å². The van der Waals surface area contributed by atoms with Gasteiger partial charge in [0, 0.05) is 24.1 Å². The number of anilines is 1. The maximum Gasteiger partial charge on any atom is 0.274 e. The smallest absolute Gasteiger partial charge is 0.274 e. The summed E-state index contributed by atoms with van der Waals surface area (Å²) in [6.07, 6.45) is 2.50. The molecule has 0 bridgehead atoms. The van der Waals surface area contributed by atoms with Gasteiger partial charge in [0.25, 0.3) is 5.91 Å². The number of Topliss-reactive ketones (excluding diaryl/α,β-unsaturated/α-hetero) is 2. The molecule has 7 nitrogen and oxygen atoms in total. The second-order valence-electron chi connectivity index (χ2n) is 7.12. The highest BCUT2D eigenvalue weighted by Gasteiger charge is 2.20. The summed E-state index contributed by atoms with van der Waals surface area (Å²) in [6.45, 7) is 4.28. The number of nitrogens with zero attached hydrogens (tertiary/aromatic N) is 1. The number of carbonyl (C=O) groups excluding carboxylic acids is 3. The molecular weight excluding hydrogens is 430 g/mol. The summed E-state index contributed by atoms with van der Waals surface area (Å²) in [5, 5.41) is 3.08. The molecule has 0 fully saturated rings. The molecule has 2 N–H and O–H groups in total. The predicted molar refractivity (Wildman–Crippen MR) is 123 cm³/mol. The van der Waals surface area contributed by atoms with E-state index in [1.807, 2.05) is 13.8 Å². The van der Waals surface area contributed by atoms with Crippen molar-refractivity contribution in [1.29, 1.82) is 0 Å². The number of nitrogens with one attached hydrogen (secondary N) is 2. The lowest BCUT2D eigenvalue weighted by Crippen LogP contribution is -2.16. The molecule has 8 heteroatoms. The minimum absolute atomic E-state index is 0.119. The molecule has 0 aliphatic rings. The first kappa shape index (κ1) is 23.2. The van der Waals surface area contributed by atoms with Crippen LogP contribution in [0.5, 0.6) is 5.75 Å². The van der Waals surface area contributed by atoms with Crippen molar-refractivity contribution in [2.45, 2.75) is 33.1 Å². The zero-order valence-electron chi connectivity index (χ0n) is 17.9. The number of carbonyl (C=O) groups is 3. The van der Waals surface area contributed by atoms with Gasteiger partial charge in [-0.25, -0.2) is 4.98 Å². The highest BCUT2D eigenvalue weighted by atomic mass is 35.5. The Hall–Kier alpha value is -3.45. The number of hydrogen-bond donors (Lipinski definition) is 2. The number of ketones is 2. The Morgan fingerprint density at radius 3 is 2.47 bits per heavy atom. The number of benzene rings is 2. The van der Waals surface area contributed by atoms with E-state index >= 15 is 0 Å². The van der Waals surface area contributed by atoms with E-state index < -0.39 is 5.91 Å². The van der Waals surface area contributed by atoms with E-state index in [0.717, 1.165) is 5.56 Å². The first-order valence-electron chi connectivity index (χ1n) is 10.3. The molecule has 0 radical (unpaired) electrons. The normalized spacial score (nSPS) is 10.6. The van der Waals surface area contributed by atoms with Crippen molar-refractivity contribution >= 4 is 34.8 Å². The zero-order chi connectivity index (χ0) is 23.1. The lowest BCUT2D eigenvalue weighted by molar-refractivity contribution is 0.0958. The number of aromatic nitrogens is 2. The molecular formula is C24H24ClN3O4. The Balaban J connectivity index is 1.64. The van der Waals surface area contributed by atoms with Crippen LogP contribution in [0.2, 0.25) is 5.02 Å². The third kappa shape index (κ3) is 5.62. The van der Waals surface area contributed by atoms with Crippen molar-refractivity contribution in [3.63, 3.8) is 0 Å². The van der Waals surface area contributed by atoms with Gasteiger partial charge in [-0.2, -0.15) is 0 Å². The van der Waals surface area contributed by atoms with Crippen LogP contribution in [0.1, 0.15) is 63.6 Å². The highest BCUT2D eigenvalue weighted by molar-refractivity contribution is 6.34. The molecule has 2 aromatic carbocycles. The number of amides is 1. The van der Waals surface area contributed by atoms with Gasteiger partial charge in [0.1, 0.15) is 17.1 Å². The van der Waals surface area contributed by atoms with Crippen molar-refractivity contribution in [3.8, 4) is 5.75 Å². The van der Waals surface area contributed by atoms with Crippen LogP contribution in [-0.2, 0) is 6.42 Å². The first-order chi connectivity index (χ1) is 15.4. The minimum atomic E-state index is -0.452. The number of aromatic amines is 1. The van der Waals surface area contributed by atoms with E-state index in [1.54, 1.807) is 42.5 Å². The topological polar surface area (TPSA) is 101 Å². The van der Waals surface area contributed by atoms with Crippen LogP contribution < -0.4 is 10.1 Å². The lowest BCUT2D eigenvalue weighted by atomic mass is 10.0. The number of ether oxygens (including phenoxy) is 1. The standard InChI is InChI=1S/C24H24ClN3O4/c1-3-5-20(29)22-23(27-14-26-22)24(31)28-16-8-6-15(7-9-16)12-21(30)18-11-10-17(32-4-2)13-19(18)25/h6-11,13-14H,3-5,12H2,1-2H3,(H,26,27)(H,28,31). The maximum atomic E-state index is 12.6. The van der Waals surface area contributed by atoms with Crippen molar-refractivity contribution in [1.82, 2.24) is 9.97 Å². The molecule has 0 atom stereocenters. The summed E-state index contributed by atoms with van der Waals surface area (Å²) in [6, 6.07) is 11.9. The molecule has 0 saturated heterocycles. The zero-order valence-corrected chi connectivity index (χ0v) is 18.7. The van der Waals surface area contributed by atoms with Crippen LogP contribution in [0.25, 0.3) is 0 Å². The number of rotatable bonds is 10. The Labute approximate surface area is 191 Å². The molecule has 32 heavy (non-hydrogen) atoms. The maximum absolute atomic E-state index is 12.6. The summed E-state index contributed by atoms with van der Waals surface area (Å²) in [7, 11) is 0. The molecule has 3 aromatic rings. The summed E-state index contributed by atoms with van der Waals surface area (Å²) in [4.78, 5) is 44.0. The Morgan fingerprint density at radius 1 is 1.06 bits per heavy atom. The van der Waals surface area contributed by atoms with E-state index in [4.69, 9.17) is 16.3 Å². The number of imidazole rings is 1. The van der Waals surface area contributed by atoms with Gasteiger partial charge >= 0.3 is 0 Å². The molecule has 0 unspecified atom stereocenters. The van der Waals surface area contributed by atoms with Gasteiger partial charge in [-0.1, -0.05) is 30.7 Å². The average molecular weight is 454 g/mol. The molecule has 0 spiro atoms. The SMILES string of the molecule is CCCC(=O)c1nc[nH]c1C(=O)Nc1ccc(CC(=O)c2ccc(OCC)cc2Cl)cc1. The molecule has 0 aliphatic carbocycles. The number of H-pyrrole nitrogens is 1. The van der Waals surface area contributed by atoms with E-state index in [9.17, 15) is 14.4 Å². The molecule has 1 heterocycles. The van der Waals surface area contributed by atoms with Crippen LogP contribution in [0, 0.1) is 0 Å². The van der Waals surface area contributed by atoms with Crippen LogP contribution in [0.15, 0.2) is 48.8 Å². The summed E-state index contributed by atoms with van der Waals surface area (Å²) in [5.41, 5.74) is 2.01. The predicted octanol–water partition coefficient (Wildman–Crippen LogP) is 5.12. The van der Waals surface area contributed by atoms with Crippen LogP contribution in [0.4, 0.5) is 5.69 Å². The fourth-order valence-electron chi connectivity index (χ4n) is 3.18. The monoisotopic (exact) mass is 453 g/mol. The largest absolute Gasteiger partial charge is 0.494 e. The number of hydrogen-bond acceptors (Lipinski definition) is 5. The first-order valence-corrected chi connectivity index (χ1v) is 10.7. The van der Waals surface area contributed by atoms with Crippen molar-refractivity contribution < 1.29 is 19.1 Å². The quantitative estimate of drug-likeness (QED) is 0.415. The van der Waals surface area contributed by atoms with Gasteiger partial charge < -0.3 is 15.0 Å². The lowest BCUT2D eigenvalue weighted by Gasteiger charge is -2.09. The van der Waals surface area contributed by atoms with E-state index in [0.29, 0.717) is 41.5 Å². The molecule has 1 aromatic heterocycles. The van der Waals surface area contributed by atoms with E-state index in [-0.39, 0.29) is 29.4 Å². The van der Waals surface area contributed by atoms with E-state index in [1.165, 1.54) is 6.33 Å². The fraction of sp³-hybridized carbons (Fsp3) is 0.250. The van der Waals surface area contributed by atoms with Gasteiger partial charge in [0.05, 0.1) is 18.0 Å². The highest BCUT2D eigenvalue weighted by Crippen LogP contribution is 2.24. The third-order valence-electron chi connectivity index (χ3n) is 4.74. The molecule has 3 rings (SSSR count). The second kappa shape index (κ2) is 10.7. The van der Waals surface area contributed by atoms with Gasteiger partial charge in [-0.15, -0.1) is 0 Å². The Morgan fingerprint density at radius 2 is 1.81 bits per heavy atom. The molecule has 0 saturated carbocycles. The van der Waals surface area contributed by atoms with Crippen molar-refractivity contribution in [2.75, 3.05) is 11.9 Å². The summed E-state index contributed by atoms with van der Waals surface area (Å²) < 4.78 is 5.39. The summed E-state index contributed by atoms with van der Waals surface area (Å²) in [5.74, 6) is -0.134.